The van der Waals surface area contributed by atoms with E-state index in [1.807, 2.05) is 6.92 Å². The van der Waals surface area contributed by atoms with Gasteiger partial charge in [0.25, 0.3) is 0 Å². The van der Waals surface area contributed by atoms with Gasteiger partial charge in [0.05, 0.1) is 36.3 Å². The molecule has 6 atom stereocenters. The molecule has 0 bridgehead atoms. The highest BCUT2D eigenvalue weighted by Gasteiger charge is 2.45. The van der Waals surface area contributed by atoms with Gasteiger partial charge in [-0.25, -0.2) is 19.0 Å². The summed E-state index contributed by atoms with van der Waals surface area (Å²) in [6.45, 7) is 1.45. The van der Waals surface area contributed by atoms with Crippen molar-refractivity contribution >= 4 is 28.7 Å². The monoisotopic (exact) mass is 529 g/mol. The second kappa shape index (κ2) is 10.5. The Morgan fingerprint density at radius 2 is 2.19 bits per heavy atom. The summed E-state index contributed by atoms with van der Waals surface area (Å²) >= 11 is 1.05. The van der Waals surface area contributed by atoms with Crippen LogP contribution in [0.25, 0.3) is 11.2 Å². The number of aliphatic hydroxyl groups is 3. The van der Waals surface area contributed by atoms with Gasteiger partial charge >= 0.3 is 0 Å². The van der Waals surface area contributed by atoms with Gasteiger partial charge in [-0.1, -0.05) is 36.0 Å². The Morgan fingerprint density at radius 1 is 1.36 bits per heavy atom. The largest absolute Gasteiger partial charge is 0.394 e. The molecule has 0 aliphatic heterocycles. The number of fused-ring (bicyclic) bond motifs is 1. The lowest BCUT2D eigenvalue weighted by molar-refractivity contribution is -0.0629. The second-order valence-corrected chi connectivity index (χ2v) is 8.96. The third kappa shape index (κ3) is 4.92. The van der Waals surface area contributed by atoms with Crippen LogP contribution < -0.4 is 5.32 Å². The number of halogens is 1. The first-order valence-corrected chi connectivity index (χ1v) is 12.1. The minimum atomic E-state index is -3.90. The van der Waals surface area contributed by atoms with Crippen molar-refractivity contribution in [2.45, 2.75) is 74.4 Å². The Kier molecular flexibility index (Phi) is 4.43. The van der Waals surface area contributed by atoms with Gasteiger partial charge in [0, 0.05) is 28.1 Å². The lowest BCUT2D eigenvalue weighted by atomic mass is 10.1. The van der Waals surface area contributed by atoms with Crippen LogP contribution in [-0.2, 0) is 4.74 Å². The van der Waals surface area contributed by atoms with E-state index in [-0.39, 0.29) is 16.5 Å². The fourth-order valence-electron chi connectivity index (χ4n) is 3.37. The van der Waals surface area contributed by atoms with Crippen molar-refractivity contribution in [3.05, 3.63) is 35.1 Å². The molecule has 2 saturated carbocycles. The minimum absolute atomic E-state index is 0.0760. The molecule has 0 radical (unpaired) electrons. The standard InChI is InChI=1S/C24H31FN6O4S/c1-3-8-36-24-27-22(26-16-10-14(16)13-5-4-12(2)15(25)9-13)19-23(28-24)31(30-29-19)17-11-18(35-7-6-32)21(34)20(17)33/h4-5,9,14,16-18,20-21,32-34H,3,6-8,10-11H2,1-2H3,(H,26,27,28)/t14-,16+,17+,18-,20-,21+/m0/s1/i4D,5D,9D,11D2,14D,16D,17D,18D,20D,21D. The molecule has 1 aromatic carbocycles. The van der Waals surface area contributed by atoms with Crippen LogP contribution in [-0.4, -0.2) is 83.5 Å². The molecule has 0 amide bonds. The molecule has 0 saturated heterocycles. The summed E-state index contributed by atoms with van der Waals surface area (Å²) in [6, 6.07) is -7.64. The quantitative estimate of drug-likeness (QED) is 0.228. The van der Waals surface area contributed by atoms with Crippen LogP contribution in [0.1, 0.15) is 64.3 Å². The molecule has 3 aromatic rings. The van der Waals surface area contributed by atoms with E-state index in [1.165, 1.54) is 6.92 Å². The Morgan fingerprint density at radius 3 is 2.97 bits per heavy atom. The van der Waals surface area contributed by atoms with Crippen molar-refractivity contribution < 1.29 is 39.5 Å². The van der Waals surface area contributed by atoms with Crippen LogP contribution >= 0.6 is 11.8 Å². The maximum Gasteiger partial charge on any atom is 0.191 e. The van der Waals surface area contributed by atoms with Gasteiger partial charge in [-0.2, -0.15) is 0 Å². The van der Waals surface area contributed by atoms with Gasteiger partial charge in [0.1, 0.15) is 18.0 Å². The number of nitrogens with one attached hydrogen (secondary N) is 1. The predicted octanol–water partition coefficient (Wildman–Crippen LogP) is 2.18. The van der Waals surface area contributed by atoms with Crippen LogP contribution in [0.3, 0.4) is 0 Å². The van der Waals surface area contributed by atoms with Gasteiger partial charge in [0.15, 0.2) is 22.1 Å². The van der Waals surface area contributed by atoms with Crippen molar-refractivity contribution in [2.75, 3.05) is 24.3 Å². The fraction of sp³-hybridized carbons (Fsp3) is 0.583. The number of ether oxygens (including phenoxy) is 1. The fourth-order valence-corrected chi connectivity index (χ4v) is 4.07. The van der Waals surface area contributed by atoms with E-state index in [2.05, 4.69) is 25.6 Å². The van der Waals surface area contributed by atoms with E-state index in [1.54, 1.807) is 0 Å². The number of anilines is 1. The average molecular weight is 530 g/mol. The normalized spacial score (nSPS) is 45.7. The summed E-state index contributed by atoms with van der Waals surface area (Å²) in [5, 5.41) is 41.5. The summed E-state index contributed by atoms with van der Waals surface area (Å²) in [5.74, 6) is -3.14. The van der Waals surface area contributed by atoms with Gasteiger partial charge in [-0.05, 0) is 36.9 Å². The average Bonchev–Trinajstić information content (AvgIpc) is 3.29. The number of hydrogen-bond acceptors (Lipinski definition) is 10. The molecule has 2 aromatic heterocycles. The molecular weight excluding hydrogens is 487 g/mol. The molecule has 2 aliphatic rings. The highest BCUT2D eigenvalue weighted by atomic mass is 32.2. The van der Waals surface area contributed by atoms with Crippen LogP contribution in [0.15, 0.2) is 23.3 Å². The molecule has 2 fully saturated rings. The van der Waals surface area contributed by atoms with Gasteiger partial charge < -0.3 is 25.4 Å². The molecule has 10 nitrogen and oxygen atoms in total. The summed E-state index contributed by atoms with van der Waals surface area (Å²) in [5.41, 5.74) is -1.71. The molecule has 194 valence electrons. The Bertz CT molecular complexity index is 1740. The molecule has 12 heteroatoms. The topological polar surface area (TPSA) is 138 Å². The van der Waals surface area contributed by atoms with Crippen LogP contribution in [0.4, 0.5) is 10.2 Å². The third-order valence-electron chi connectivity index (χ3n) is 5.26. The lowest BCUT2D eigenvalue weighted by Gasteiger charge is -2.17. The maximum absolute atomic E-state index is 14.8. The van der Waals surface area contributed by atoms with Crippen LogP contribution in [0.5, 0.6) is 0 Å². The van der Waals surface area contributed by atoms with Crippen molar-refractivity contribution in [3.63, 3.8) is 0 Å². The van der Waals surface area contributed by atoms with Gasteiger partial charge in [-0.3, -0.25) is 0 Å². The molecule has 0 spiro atoms. The SMILES string of the molecule is [2H]c1c([2H])c([C@]2([2H])C[C@@]2([2H])Nc2nc(SCCC)nc3c2nnn3[C@]2([2H])C([2H])([2H])[C@]([2H])(OCCO)[C@@]([2H])(O)[C@@]2([2H])O)c([2H])c(F)c1C. The Hall–Kier alpha value is -2.38. The number of aromatic nitrogens is 5. The van der Waals surface area contributed by atoms with Gasteiger partial charge in [-0.15, -0.1) is 5.10 Å². The molecule has 36 heavy (non-hydrogen) atoms. The first kappa shape index (κ1) is 15.1. The third-order valence-corrected chi connectivity index (χ3v) is 6.32. The number of thioether (sulfide) groups is 1. The number of rotatable bonds is 10. The summed E-state index contributed by atoms with van der Waals surface area (Å²) in [7, 11) is 0. The molecule has 2 aliphatic carbocycles. The van der Waals surface area contributed by atoms with Gasteiger partial charge in [0.2, 0.25) is 0 Å². The summed E-state index contributed by atoms with van der Waals surface area (Å²) < 4.78 is 114. The zero-order valence-corrected chi connectivity index (χ0v) is 20.1. The highest BCUT2D eigenvalue weighted by Crippen LogP contribution is 2.44. The number of nitrogens with zero attached hydrogens (tertiary/aromatic N) is 5. The Balaban J connectivity index is 1.68. The lowest BCUT2D eigenvalue weighted by Crippen LogP contribution is -2.33. The van der Waals surface area contributed by atoms with E-state index in [9.17, 15) is 19.7 Å². The van der Waals surface area contributed by atoms with Crippen molar-refractivity contribution in [1.82, 2.24) is 25.0 Å². The smallest absolute Gasteiger partial charge is 0.191 e. The zero-order chi connectivity index (χ0) is 35.3. The Labute approximate surface area is 227 Å². The first-order valence-electron chi connectivity index (χ1n) is 16.6. The predicted molar refractivity (Wildman–Crippen MR) is 133 cm³/mol. The van der Waals surface area contributed by atoms with E-state index >= 15 is 0 Å². The number of hydrogen-bond donors (Lipinski definition) is 4. The van der Waals surface area contributed by atoms with E-state index in [0.717, 1.165) is 11.8 Å². The summed E-state index contributed by atoms with van der Waals surface area (Å²) in [6.07, 6.45) is -14.7. The van der Waals surface area contributed by atoms with Crippen LogP contribution in [0.2, 0.25) is 0 Å². The van der Waals surface area contributed by atoms with Crippen LogP contribution in [0, 0.1) is 12.7 Å². The number of aliphatic hydroxyl groups excluding tert-OH is 1. The molecule has 2 heterocycles. The second-order valence-electron chi connectivity index (χ2n) is 7.90. The zero-order valence-electron chi connectivity index (χ0n) is 30.3. The van der Waals surface area contributed by atoms with Crippen molar-refractivity contribution in [3.8, 4) is 0 Å². The van der Waals surface area contributed by atoms with Crippen molar-refractivity contribution in [2.24, 2.45) is 0 Å². The van der Waals surface area contributed by atoms with E-state index in [4.69, 9.17) is 19.8 Å². The maximum atomic E-state index is 14.8. The molecular formula is C24H31FN6O4S. The minimum Gasteiger partial charge on any atom is -0.394 e. The molecule has 4 N–H and O–H groups in total. The first-order chi connectivity index (χ1) is 21.6. The number of benzene rings is 1. The van der Waals surface area contributed by atoms with Crippen molar-refractivity contribution in [1.29, 1.82) is 0 Å². The van der Waals surface area contributed by atoms with E-state index < -0.39 is 103 Å². The summed E-state index contributed by atoms with van der Waals surface area (Å²) in [4.78, 5) is 8.59. The molecule has 0 unspecified atom stereocenters. The molecule has 5 rings (SSSR count). The van der Waals surface area contributed by atoms with E-state index in [0.29, 0.717) is 16.9 Å². The highest BCUT2D eigenvalue weighted by molar-refractivity contribution is 7.99.